The van der Waals surface area contributed by atoms with Gasteiger partial charge in [-0.25, -0.2) is 0 Å². The number of nitrogens with zero attached hydrogens (tertiary/aromatic N) is 3. The topological polar surface area (TPSA) is 50.2 Å². The van der Waals surface area contributed by atoms with E-state index in [9.17, 15) is 4.79 Å². The van der Waals surface area contributed by atoms with Gasteiger partial charge in [0.15, 0.2) is 5.15 Å². The van der Waals surface area contributed by atoms with Crippen molar-refractivity contribution in [3.8, 4) is 0 Å². The number of hydrogen-bond donors (Lipinski definition) is 1. The fourth-order valence-electron chi connectivity index (χ4n) is 2.91. The number of carbonyl (C=O) groups is 1. The highest BCUT2D eigenvalue weighted by atomic mass is 35.5. The number of para-hydroxylation sites is 1. The first-order chi connectivity index (χ1) is 10.7. The molecule has 1 aliphatic heterocycles. The van der Waals surface area contributed by atoms with Gasteiger partial charge in [-0.2, -0.15) is 5.10 Å². The van der Waals surface area contributed by atoms with E-state index in [1.54, 1.807) is 4.68 Å². The highest BCUT2D eigenvalue weighted by Crippen LogP contribution is 2.22. The van der Waals surface area contributed by atoms with Crippen molar-refractivity contribution in [2.24, 2.45) is 0 Å². The molecule has 1 amide bonds. The Morgan fingerprint density at radius 2 is 2.00 bits per heavy atom. The summed E-state index contributed by atoms with van der Waals surface area (Å²) in [6.07, 6.45) is 2.98. The molecule has 0 atom stereocenters. The molecule has 1 aromatic heterocycles. The highest BCUT2D eigenvalue weighted by Gasteiger charge is 2.12. The molecule has 1 N–H and O–H groups in total. The second-order valence-corrected chi connectivity index (χ2v) is 6.04. The monoisotopic (exact) mass is 320 g/mol. The molecule has 3 rings (SSSR count). The summed E-state index contributed by atoms with van der Waals surface area (Å²) in [5.41, 5.74) is 0.970. The molecule has 1 aliphatic rings. The van der Waals surface area contributed by atoms with Crippen LogP contribution in [0.5, 0.6) is 0 Å². The minimum Gasteiger partial charge on any atom is -0.355 e. The van der Waals surface area contributed by atoms with Crippen molar-refractivity contribution >= 4 is 28.4 Å². The van der Waals surface area contributed by atoms with E-state index in [0.717, 1.165) is 37.1 Å². The quantitative estimate of drug-likeness (QED) is 0.888. The van der Waals surface area contributed by atoms with Gasteiger partial charge in [-0.1, -0.05) is 23.7 Å². The Labute approximate surface area is 135 Å². The van der Waals surface area contributed by atoms with Gasteiger partial charge in [0.1, 0.15) is 0 Å². The fraction of sp³-hybridized carbons (Fsp3) is 0.500. The first-order valence-corrected chi connectivity index (χ1v) is 8.22. The van der Waals surface area contributed by atoms with Gasteiger partial charge in [0.2, 0.25) is 5.91 Å². The Morgan fingerprint density at radius 1 is 1.23 bits per heavy atom. The van der Waals surface area contributed by atoms with Crippen LogP contribution in [-0.2, 0) is 11.3 Å². The van der Waals surface area contributed by atoms with Crippen molar-refractivity contribution in [3.63, 3.8) is 0 Å². The first kappa shape index (κ1) is 15.3. The maximum atomic E-state index is 11.9. The number of carbonyl (C=O) groups excluding carboxylic acids is 1. The van der Waals surface area contributed by atoms with Crippen molar-refractivity contribution in [1.82, 2.24) is 20.0 Å². The van der Waals surface area contributed by atoms with Gasteiger partial charge >= 0.3 is 0 Å². The van der Waals surface area contributed by atoms with Crippen molar-refractivity contribution in [3.05, 3.63) is 29.4 Å². The number of nitrogens with one attached hydrogen (secondary N) is 1. The first-order valence-electron chi connectivity index (χ1n) is 7.84. The van der Waals surface area contributed by atoms with Crippen LogP contribution in [0.3, 0.4) is 0 Å². The highest BCUT2D eigenvalue weighted by molar-refractivity contribution is 6.34. The Hall–Kier alpha value is -1.59. The van der Waals surface area contributed by atoms with E-state index < -0.39 is 0 Å². The van der Waals surface area contributed by atoms with E-state index >= 15 is 0 Å². The number of amides is 1. The minimum atomic E-state index is 0.0647. The average molecular weight is 321 g/mol. The summed E-state index contributed by atoms with van der Waals surface area (Å²) < 4.78 is 1.80. The third-order valence-corrected chi connectivity index (χ3v) is 4.39. The van der Waals surface area contributed by atoms with Gasteiger partial charge in [0.05, 0.1) is 12.1 Å². The lowest BCUT2D eigenvalue weighted by Crippen LogP contribution is -2.33. The lowest BCUT2D eigenvalue weighted by Gasteiger charge is -2.14. The maximum absolute atomic E-state index is 11.9. The summed E-state index contributed by atoms with van der Waals surface area (Å²) in [7, 11) is 0. The number of aromatic nitrogens is 2. The Balaban J connectivity index is 1.47. The van der Waals surface area contributed by atoms with Crippen molar-refractivity contribution in [2.75, 3.05) is 26.2 Å². The van der Waals surface area contributed by atoms with Crippen LogP contribution in [0.25, 0.3) is 10.9 Å². The molecule has 0 saturated carbocycles. The molecule has 118 valence electrons. The zero-order chi connectivity index (χ0) is 15.4. The molecule has 0 spiro atoms. The summed E-state index contributed by atoms with van der Waals surface area (Å²) in [6, 6.07) is 7.80. The van der Waals surface area contributed by atoms with Crippen LogP contribution < -0.4 is 5.32 Å². The smallest absolute Gasteiger partial charge is 0.221 e. The van der Waals surface area contributed by atoms with Crippen molar-refractivity contribution < 1.29 is 4.79 Å². The summed E-state index contributed by atoms with van der Waals surface area (Å²) in [5.74, 6) is 0.0647. The molecule has 2 aromatic rings. The second-order valence-electron chi connectivity index (χ2n) is 5.68. The molecule has 0 unspecified atom stereocenters. The largest absolute Gasteiger partial charge is 0.355 e. The van der Waals surface area contributed by atoms with Gasteiger partial charge < -0.3 is 10.2 Å². The Bertz CT molecular complexity index is 649. The summed E-state index contributed by atoms with van der Waals surface area (Å²) >= 11 is 6.11. The number of fused-ring (bicyclic) bond motifs is 1. The number of halogens is 1. The number of aryl methyl sites for hydroxylation is 1. The SMILES string of the molecule is O=C(CCn1nc(Cl)c2ccccc21)NCCN1CCCC1. The molecule has 0 aliphatic carbocycles. The predicted octanol–water partition coefficient (Wildman–Crippen LogP) is 2.29. The minimum absolute atomic E-state index is 0.0647. The number of benzene rings is 1. The third kappa shape index (κ3) is 3.59. The van der Waals surface area contributed by atoms with E-state index in [-0.39, 0.29) is 5.91 Å². The molecule has 1 fully saturated rings. The van der Waals surface area contributed by atoms with Gasteiger partial charge in [-0.05, 0) is 38.1 Å². The Kier molecular flexibility index (Phi) is 4.95. The molecule has 0 bridgehead atoms. The van der Waals surface area contributed by atoms with Gasteiger partial charge in [0, 0.05) is 24.9 Å². The summed E-state index contributed by atoms with van der Waals surface area (Å²) in [6.45, 7) is 4.53. The van der Waals surface area contributed by atoms with Gasteiger partial charge in [-0.3, -0.25) is 9.48 Å². The zero-order valence-electron chi connectivity index (χ0n) is 12.6. The molecule has 0 radical (unpaired) electrons. The molecule has 1 saturated heterocycles. The molecule has 22 heavy (non-hydrogen) atoms. The zero-order valence-corrected chi connectivity index (χ0v) is 13.4. The van der Waals surface area contributed by atoms with Crippen LogP contribution in [0.1, 0.15) is 19.3 Å². The van der Waals surface area contributed by atoms with Crippen LogP contribution in [0.15, 0.2) is 24.3 Å². The normalized spacial score (nSPS) is 15.5. The second kappa shape index (κ2) is 7.11. The van der Waals surface area contributed by atoms with E-state index in [4.69, 9.17) is 11.6 Å². The Morgan fingerprint density at radius 3 is 2.82 bits per heavy atom. The molecular formula is C16H21ClN4O. The maximum Gasteiger partial charge on any atom is 0.221 e. The lowest BCUT2D eigenvalue weighted by molar-refractivity contribution is -0.121. The number of rotatable bonds is 6. The molecule has 2 heterocycles. The predicted molar refractivity (Wildman–Crippen MR) is 88.0 cm³/mol. The van der Waals surface area contributed by atoms with Crippen LogP contribution in [0, 0.1) is 0 Å². The molecular weight excluding hydrogens is 300 g/mol. The molecule has 1 aromatic carbocycles. The van der Waals surface area contributed by atoms with Gasteiger partial charge in [0.25, 0.3) is 0 Å². The number of hydrogen-bond acceptors (Lipinski definition) is 3. The number of likely N-dealkylation sites (tertiary alicyclic amines) is 1. The third-order valence-electron chi connectivity index (χ3n) is 4.11. The lowest BCUT2D eigenvalue weighted by atomic mass is 10.2. The molecule has 5 nitrogen and oxygen atoms in total. The van der Waals surface area contributed by atoms with E-state index in [1.807, 2.05) is 24.3 Å². The van der Waals surface area contributed by atoms with Crippen molar-refractivity contribution in [1.29, 1.82) is 0 Å². The van der Waals surface area contributed by atoms with Gasteiger partial charge in [-0.15, -0.1) is 0 Å². The van der Waals surface area contributed by atoms with Crippen LogP contribution >= 0.6 is 11.6 Å². The van der Waals surface area contributed by atoms with Crippen LogP contribution in [0.4, 0.5) is 0 Å². The molecule has 6 heteroatoms. The van der Waals surface area contributed by atoms with Crippen molar-refractivity contribution in [2.45, 2.75) is 25.8 Å². The summed E-state index contributed by atoms with van der Waals surface area (Å²) in [4.78, 5) is 14.3. The average Bonchev–Trinajstić information content (AvgIpc) is 3.14. The summed E-state index contributed by atoms with van der Waals surface area (Å²) in [5, 5.41) is 8.70. The standard InChI is InChI=1S/C16H21ClN4O/c17-16-13-5-1-2-6-14(13)21(19-16)11-7-15(22)18-8-12-20-9-3-4-10-20/h1-2,5-6H,3-4,7-12H2,(H,18,22). The fourth-order valence-corrected chi connectivity index (χ4v) is 3.16. The van der Waals surface area contributed by atoms with Crippen LogP contribution in [-0.4, -0.2) is 46.8 Å². The van der Waals surface area contributed by atoms with E-state index in [0.29, 0.717) is 18.1 Å². The van der Waals surface area contributed by atoms with E-state index in [1.165, 1.54) is 12.8 Å². The van der Waals surface area contributed by atoms with E-state index in [2.05, 4.69) is 15.3 Å². The van der Waals surface area contributed by atoms with Crippen LogP contribution in [0.2, 0.25) is 5.15 Å².